The van der Waals surface area contributed by atoms with E-state index in [1.807, 2.05) is 24.3 Å². The van der Waals surface area contributed by atoms with Crippen LogP contribution in [0.25, 0.3) is 0 Å². The fourth-order valence-electron chi connectivity index (χ4n) is 7.03. The molecule has 0 spiro atoms. The molecule has 2 aliphatic rings. The lowest BCUT2D eigenvalue weighted by molar-refractivity contribution is -0.385. The predicted octanol–water partition coefficient (Wildman–Crippen LogP) is 12.1. The van der Waals surface area contributed by atoms with Crippen molar-refractivity contribution in [2.24, 2.45) is 0 Å². The summed E-state index contributed by atoms with van der Waals surface area (Å²) >= 11 is 13.1. The van der Waals surface area contributed by atoms with E-state index in [1.165, 1.54) is 48.5 Å². The van der Waals surface area contributed by atoms with Gasteiger partial charge >= 0.3 is 0 Å². The van der Waals surface area contributed by atoms with Gasteiger partial charge in [-0.1, -0.05) is 38.1 Å². The Bertz CT molecular complexity index is 2700. The molecule has 0 N–H and O–H groups in total. The molecule has 18 heteroatoms. The van der Waals surface area contributed by atoms with Crippen LogP contribution in [0.2, 0.25) is 0 Å². The Kier molecular flexibility index (Phi) is 10.8. The normalized spacial score (nSPS) is 13.4. The van der Waals surface area contributed by atoms with E-state index in [1.54, 1.807) is 36.4 Å². The molecule has 0 aromatic heterocycles. The van der Waals surface area contributed by atoms with Gasteiger partial charge in [0.15, 0.2) is 0 Å². The van der Waals surface area contributed by atoms with Crippen molar-refractivity contribution in [3.05, 3.63) is 181 Å². The average Bonchev–Trinajstić information content (AvgIpc) is 3.60. The number of benzene rings is 6. The lowest BCUT2D eigenvalue weighted by atomic mass is 9.78. The number of fused-ring (bicyclic) bond motifs is 2. The molecule has 0 aliphatic carbocycles. The van der Waals surface area contributed by atoms with Gasteiger partial charge < -0.3 is 9.47 Å². The van der Waals surface area contributed by atoms with Crippen molar-refractivity contribution in [2.75, 3.05) is 9.80 Å². The van der Waals surface area contributed by atoms with Gasteiger partial charge in [-0.25, -0.2) is 9.80 Å². The molecule has 8 rings (SSSR count). The van der Waals surface area contributed by atoms with Crippen molar-refractivity contribution in [3.63, 3.8) is 0 Å². The summed E-state index contributed by atoms with van der Waals surface area (Å²) in [6, 6.07) is 28.9. The standard InChI is InChI=1S/C43H24Br4N4O10/c1-43(2,21-3-7-25(8-4-21)60-27-11-13-29-31(19-27)41(54)48(39(29)52)37-33(44)15-23(50(56)57)16-34(37)45)22-5-9-26(10-6-22)61-28-12-14-30-32(20-28)42(55)49(40(30)53)38-35(46)17-24(51(58)59)18-36(38)47/h3-20H,1-2H3. The highest BCUT2D eigenvalue weighted by atomic mass is 79.9. The number of nitro groups is 2. The van der Waals surface area contributed by atoms with Crippen LogP contribution in [0.1, 0.15) is 66.4 Å². The number of carbonyl (C=O) groups is 4. The molecule has 61 heavy (non-hydrogen) atoms. The van der Waals surface area contributed by atoms with Gasteiger partial charge in [0.05, 0.1) is 43.5 Å². The third kappa shape index (κ3) is 7.42. The maximum absolute atomic E-state index is 13.5. The third-order valence-corrected chi connectivity index (χ3v) is 12.6. The number of nitro benzene ring substituents is 2. The Morgan fingerprint density at radius 2 is 0.754 bits per heavy atom. The minimum Gasteiger partial charge on any atom is -0.457 e. The summed E-state index contributed by atoms with van der Waals surface area (Å²) in [5, 5.41) is 22.6. The molecule has 14 nitrogen and oxygen atoms in total. The zero-order valence-electron chi connectivity index (χ0n) is 31.3. The fraction of sp³-hybridized carbons (Fsp3) is 0.0698. The van der Waals surface area contributed by atoms with Crippen LogP contribution in [0.15, 0.2) is 127 Å². The second-order valence-corrected chi connectivity index (χ2v) is 17.6. The van der Waals surface area contributed by atoms with Gasteiger partial charge in [-0.15, -0.1) is 0 Å². The second kappa shape index (κ2) is 15.7. The molecule has 2 heterocycles. The summed E-state index contributed by atoms with van der Waals surface area (Å²) in [4.78, 5) is 77.1. The number of carbonyl (C=O) groups excluding carboxylic acids is 4. The van der Waals surface area contributed by atoms with Crippen molar-refractivity contribution in [2.45, 2.75) is 19.3 Å². The molecule has 0 atom stereocenters. The van der Waals surface area contributed by atoms with E-state index < -0.39 is 38.9 Å². The lowest BCUT2D eigenvalue weighted by Crippen LogP contribution is -2.30. The quantitative estimate of drug-likeness (QED) is 0.0728. The Balaban J connectivity index is 0.941. The first-order chi connectivity index (χ1) is 28.9. The first-order valence-corrected chi connectivity index (χ1v) is 21.0. The Morgan fingerprint density at radius 1 is 0.459 bits per heavy atom. The van der Waals surface area contributed by atoms with E-state index >= 15 is 0 Å². The number of amides is 4. The predicted molar refractivity (Wildman–Crippen MR) is 237 cm³/mol. The van der Waals surface area contributed by atoms with Crippen LogP contribution in [0.3, 0.4) is 0 Å². The Morgan fingerprint density at radius 3 is 1.07 bits per heavy atom. The molecule has 0 fully saturated rings. The van der Waals surface area contributed by atoms with E-state index in [2.05, 4.69) is 77.6 Å². The number of hydrogen-bond donors (Lipinski definition) is 0. The van der Waals surface area contributed by atoms with Crippen molar-refractivity contribution in [3.8, 4) is 23.0 Å². The number of rotatable bonds is 10. The SMILES string of the molecule is CC(C)(c1ccc(Oc2ccc3c(c2)C(=O)N(c2c(Br)cc([N+](=O)[O-])cc2Br)C3=O)cc1)c1ccc(Oc2ccc3c(c2)C(=O)N(c2c(Br)cc([N+](=O)[O-])cc2Br)C3=O)cc1. The minimum atomic E-state index is -0.608. The van der Waals surface area contributed by atoms with E-state index in [-0.39, 0.29) is 62.9 Å². The third-order valence-electron chi connectivity index (χ3n) is 10.2. The van der Waals surface area contributed by atoms with Gasteiger partial charge in [-0.05, 0) is 136 Å². The molecule has 0 radical (unpaired) electrons. The highest BCUT2D eigenvalue weighted by Gasteiger charge is 2.41. The first-order valence-electron chi connectivity index (χ1n) is 17.8. The smallest absolute Gasteiger partial charge is 0.271 e. The van der Waals surface area contributed by atoms with Crippen LogP contribution in [0, 0.1) is 20.2 Å². The largest absolute Gasteiger partial charge is 0.457 e. The van der Waals surface area contributed by atoms with Crippen LogP contribution >= 0.6 is 63.7 Å². The molecule has 304 valence electrons. The highest BCUT2D eigenvalue weighted by Crippen LogP contribution is 2.44. The van der Waals surface area contributed by atoms with Crippen LogP contribution < -0.4 is 19.3 Å². The molecular weight excluding hydrogens is 1050 g/mol. The molecular formula is C43H24Br4N4O10. The summed E-state index contributed by atoms with van der Waals surface area (Å²) in [7, 11) is 0. The van der Waals surface area contributed by atoms with Crippen molar-refractivity contribution in [1.29, 1.82) is 0 Å². The monoisotopic (exact) mass is 1070 g/mol. The van der Waals surface area contributed by atoms with Gasteiger partial charge in [-0.3, -0.25) is 39.4 Å². The Hall–Kier alpha value is -6.08. The van der Waals surface area contributed by atoms with Gasteiger partial charge in [0.2, 0.25) is 0 Å². The zero-order valence-corrected chi connectivity index (χ0v) is 37.6. The number of halogens is 4. The van der Waals surface area contributed by atoms with E-state index in [9.17, 15) is 39.4 Å². The maximum Gasteiger partial charge on any atom is 0.271 e. The van der Waals surface area contributed by atoms with Gasteiger partial charge in [0.25, 0.3) is 35.0 Å². The topological polar surface area (TPSA) is 180 Å². The molecule has 2 aliphatic heterocycles. The zero-order chi connectivity index (χ0) is 43.7. The molecule has 0 unspecified atom stereocenters. The molecule has 0 saturated heterocycles. The average molecular weight is 1080 g/mol. The Labute approximate surface area is 378 Å². The van der Waals surface area contributed by atoms with E-state index in [4.69, 9.17) is 9.47 Å². The summed E-state index contributed by atoms with van der Waals surface area (Å²) in [5.41, 5.74) is 1.90. The summed E-state index contributed by atoms with van der Waals surface area (Å²) in [6.07, 6.45) is 0. The van der Waals surface area contributed by atoms with Crippen molar-refractivity contribution < 1.29 is 38.5 Å². The lowest BCUT2D eigenvalue weighted by Gasteiger charge is -2.26. The van der Waals surface area contributed by atoms with Crippen molar-refractivity contribution >= 4 is 110 Å². The van der Waals surface area contributed by atoms with Crippen molar-refractivity contribution in [1.82, 2.24) is 0 Å². The minimum absolute atomic E-state index is 0.123. The van der Waals surface area contributed by atoms with E-state index in [0.29, 0.717) is 23.0 Å². The molecule has 6 aromatic rings. The number of nitrogens with zero attached hydrogens (tertiary/aromatic N) is 4. The highest BCUT2D eigenvalue weighted by molar-refractivity contribution is 9.11. The first kappa shape index (κ1) is 41.6. The molecule has 0 saturated carbocycles. The van der Waals surface area contributed by atoms with E-state index in [0.717, 1.165) is 20.9 Å². The van der Waals surface area contributed by atoms with Crippen LogP contribution in [-0.4, -0.2) is 33.5 Å². The van der Waals surface area contributed by atoms with Gasteiger partial charge in [-0.2, -0.15) is 0 Å². The molecule has 0 bridgehead atoms. The molecule has 4 amide bonds. The fourth-order valence-corrected chi connectivity index (χ4v) is 10.1. The van der Waals surface area contributed by atoms with Crippen LogP contribution in [-0.2, 0) is 5.41 Å². The van der Waals surface area contributed by atoms with Crippen LogP contribution in [0.4, 0.5) is 22.7 Å². The molecule has 6 aromatic carbocycles. The number of anilines is 2. The number of hydrogen-bond acceptors (Lipinski definition) is 10. The number of non-ortho nitro benzene ring substituents is 2. The van der Waals surface area contributed by atoms with Crippen LogP contribution in [0.5, 0.6) is 23.0 Å². The maximum atomic E-state index is 13.5. The second-order valence-electron chi connectivity index (χ2n) is 14.2. The summed E-state index contributed by atoms with van der Waals surface area (Å²) < 4.78 is 13.0. The number of imide groups is 2. The summed E-state index contributed by atoms with van der Waals surface area (Å²) in [5.74, 6) is -0.745. The van der Waals surface area contributed by atoms with Gasteiger partial charge in [0.1, 0.15) is 23.0 Å². The summed E-state index contributed by atoms with van der Waals surface area (Å²) in [6.45, 7) is 4.12. The van der Waals surface area contributed by atoms with Gasteiger partial charge in [0, 0.05) is 47.6 Å². The number of ether oxygens (including phenoxy) is 2.